The molecule has 4 N–H and O–H groups in total. The topological polar surface area (TPSA) is 116 Å². The lowest BCUT2D eigenvalue weighted by atomic mass is 9.99. The average molecular weight is 306 g/mol. The van der Waals surface area contributed by atoms with E-state index in [1.807, 2.05) is 0 Å². The number of esters is 1. The Kier molecular flexibility index (Phi) is 7.55. The van der Waals surface area contributed by atoms with Gasteiger partial charge in [0.25, 0.3) is 0 Å². The Morgan fingerprint density at radius 3 is 2.38 bits per heavy atom. The van der Waals surface area contributed by atoms with Gasteiger partial charge in [0.2, 0.25) is 0 Å². The van der Waals surface area contributed by atoms with Gasteiger partial charge in [-0.3, -0.25) is 4.79 Å². The summed E-state index contributed by atoms with van der Waals surface area (Å²) in [4.78, 5) is 11.5. The summed E-state index contributed by atoms with van der Waals surface area (Å²) in [5.41, 5.74) is 0. The largest absolute Gasteiger partial charge is 0.463 e. The fourth-order valence-corrected chi connectivity index (χ4v) is 2.14. The molecule has 0 aromatic carbocycles. The predicted molar refractivity (Wildman–Crippen MR) is 73.2 cm³/mol. The van der Waals surface area contributed by atoms with Crippen molar-refractivity contribution in [1.29, 1.82) is 0 Å². The molecular weight excluding hydrogens is 280 g/mol. The minimum Gasteiger partial charge on any atom is -0.463 e. The molecule has 1 unspecified atom stereocenters. The number of carbonyl (C=O) groups is 1. The predicted octanol–water partition coefficient (Wildman–Crippen LogP) is -0.454. The summed E-state index contributed by atoms with van der Waals surface area (Å²) in [6, 6.07) is 0. The van der Waals surface area contributed by atoms with Crippen LogP contribution in [-0.4, -0.2) is 63.7 Å². The first-order valence-corrected chi connectivity index (χ1v) is 7.36. The van der Waals surface area contributed by atoms with Gasteiger partial charge in [0.15, 0.2) is 6.29 Å². The quantitative estimate of drug-likeness (QED) is 0.372. The van der Waals surface area contributed by atoms with Gasteiger partial charge >= 0.3 is 5.97 Å². The van der Waals surface area contributed by atoms with E-state index in [1.54, 1.807) is 0 Å². The van der Waals surface area contributed by atoms with E-state index >= 15 is 0 Å². The van der Waals surface area contributed by atoms with Crippen LogP contribution in [0.5, 0.6) is 0 Å². The Bertz CT molecular complexity index is 320. The summed E-state index contributed by atoms with van der Waals surface area (Å²) in [5.74, 6) is 0.186. The maximum Gasteiger partial charge on any atom is 0.305 e. The van der Waals surface area contributed by atoms with Crippen LogP contribution in [0.4, 0.5) is 0 Å². The third-order valence-electron chi connectivity index (χ3n) is 3.51. The molecule has 0 spiro atoms. The number of rotatable bonds is 7. The van der Waals surface area contributed by atoms with Gasteiger partial charge in [0.05, 0.1) is 0 Å². The van der Waals surface area contributed by atoms with Crippen molar-refractivity contribution < 1.29 is 34.7 Å². The molecule has 1 aliphatic heterocycles. The summed E-state index contributed by atoms with van der Waals surface area (Å²) in [7, 11) is 0. The molecule has 124 valence electrons. The highest BCUT2D eigenvalue weighted by atomic mass is 16.6. The summed E-state index contributed by atoms with van der Waals surface area (Å²) < 4.78 is 9.87. The highest BCUT2D eigenvalue weighted by molar-refractivity contribution is 5.69. The molecule has 7 heteroatoms. The zero-order valence-corrected chi connectivity index (χ0v) is 12.5. The molecule has 0 aromatic heterocycles. The second kappa shape index (κ2) is 8.65. The minimum atomic E-state index is -1.61. The standard InChI is InChI=1S/C14H26O7/c1-8(2)5-3-4-6-10(15)20-7-9-11(16)12(17)13(18)14(19)21-9/h8-9,11-14,16-19H,3-7H2,1-2H3/t9-,11-,12+,13-,14?/m1/s1. The number of hydrogen-bond acceptors (Lipinski definition) is 7. The molecule has 21 heavy (non-hydrogen) atoms. The molecule has 1 fully saturated rings. The van der Waals surface area contributed by atoms with E-state index in [1.165, 1.54) is 0 Å². The first kappa shape index (κ1) is 18.3. The van der Waals surface area contributed by atoms with Crippen LogP contribution in [0.1, 0.15) is 39.5 Å². The van der Waals surface area contributed by atoms with Crippen LogP contribution in [0.25, 0.3) is 0 Å². The first-order chi connectivity index (χ1) is 9.82. The molecule has 1 heterocycles. The van der Waals surface area contributed by atoms with Crippen molar-refractivity contribution in [1.82, 2.24) is 0 Å². The number of carbonyl (C=O) groups excluding carboxylic acids is 1. The average Bonchev–Trinajstić information content (AvgIpc) is 2.43. The van der Waals surface area contributed by atoms with E-state index in [0.29, 0.717) is 5.92 Å². The Hall–Kier alpha value is -0.730. The van der Waals surface area contributed by atoms with Crippen molar-refractivity contribution in [2.45, 2.75) is 70.2 Å². The van der Waals surface area contributed by atoms with E-state index in [0.717, 1.165) is 19.3 Å². The van der Waals surface area contributed by atoms with Crippen LogP contribution in [0, 0.1) is 5.92 Å². The summed E-state index contributed by atoms with van der Waals surface area (Å²) in [6.45, 7) is 3.96. The van der Waals surface area contributed by atoms with Gasteiger partial charge in [0, 0.05) is 6.42 Å². The Labute approximate surface area is 124 Å². The van der Waals surface area contributed by atoms with Crippen molar-refractivity contribution in [2.75, 3.05) is 6.61 Å². The van der Waals surface area contributed by atoms with Crippen LogP contribution in [0.2, 0.25) is 0 Å². The number of ether oxygens (including phenoxy) is 2. The molecule has 1 aliphatic rings. The van der Waals surface area contributed by atoms with E-state index in [-0.39, 0.29) is 13.0 Å². The molecule has 0 bridgehead atoms. The molecule has 7 nitrogen and oxygen atoms in total. The molecule has 5 atom stereocenters. The number of aliphatic hydroxyl groups excluding tert-OH is 4. The highest BCUT2D eigenvalue weighted by Crippen LogP contribution is 2.20. The lowest BCUT2D eigenvalue weighted by Crippen LogP contribution is -2.58. The zero-order valence-electron chi connectivity index (χ0n) is 12.5. The third-order valence-corrected chi connectivity index (χ3v) is 3.51. The fraction of sp³-hybridized carbons (Fsp3) is 0.929. The van der Waals surface area contributed by atoms with Crippen molar-refractivity contribution in [3.63, 3.8) is 0 Å². The van der Waals surface area contributed by atoms with Crippen LogP contribution in [-0.2, 0) is 14.3 Å². The SMILES string of the molecule is CC(C)CCCCC(=O)OC[C@H]1OC(O)[C@H](O)[C@@H](O)[C@@H]1O. The second-order valence-corrected chi connectivity index (χ2v) is 5.86. The maximum absolute atomic E-state index is 11.5. The number of unbranched alkanes of at least 4 members (excludes halogenated alkanes) is 1. The van der Waals surface area contributed by atoms with Crippen LogP contribution >= 0.6 is 0 Å². The van der Waals surface area contributed by atoms with Gasteiger partial charge in [-0.1, -0.05) is 26.7 Å². The van der Waals surface area contributed by atoms with E-state index in [9.17, 15) is 25.2 Å². The number of hydrogen-bond donors (Lipinski definition) is 4. The zero-order chi connectivity index (χ0) is 16.0. The Morgan fingerprint density at radius 2 is 1.76 bits per heavy atom. The van der Waals surface area contributed by atoms with Gasteiger partial charge in [-0.15, -0.1) is 0 Å². The van der Waals surface area contributed by atoms with E-state index in [2.05, 4.69) is 13.8 Å². The lowest BCUT2D eigenvalue weighted by Gasteiger charge is -2.37. The molecule has 0 saturated carbocycles. The smallest absolute Gasteiger partial charge is 0.305 e. The molecular formula is C14H26O7. The van der Waals surface area contributed by atoms with Crippen molar-refractivity contribution in [2.24, 2.45) is 5.92 Å². The summed E-state index contributed by atoms with van der Waals surface area (Å²) >= 11 is 0. The van der Waals surface area contributed by atoms with Gasteiger partial charge in [-0.2, -0.15) is 0 Å². The van der Waals surface area contributed by atoms with E-state index in [4.69, 9.17) is 9.47 Å². The fourth-order valence-electron chi connectivity index (χ4n) is 2.14. The molecule has 0 aliphatic carbocycles. The van der Waals surface area contributed by atoms with Gasteiger partial charge < -0.3 is 29.9 Å². The van der Waals surface area contributed by atoms with Gasteiger partial charge in [-0.05, 0) is 12.3 Å². The van der Waals surface area contributed by atoms with Crippen LogP contribution < -0.4 is 0 Å². The van der Waals surface area contributed by atoms with Crippen LogP contribution in [0.15, 0.2) is 0 Å². The maximum atomic E-state index is 11.5. The number of aliphatic hydroxyl groups is 4. The second-order valence-electron chi connectivity index (χ2n) is 5.86. The monoisotopic (exact) mass is 306 g/mol. The van der Waals surface area contributed by atoms with Gasteiger partial charge in [0.1, 0.15) is 31.0 Å². The third kappa shape index (κ3) is 5.88. The highest BCUT2D eigenvalue weighted by Gasteiger charge is 2.43. The normalized spacial score (nSPS) is 33.2. The molecule has 0 amide bonds. The molecule has 1 saturated heterocycles. The molecule has 0 radical (unpaired) electrons. The van der Waals surface area contributed by atoms with Crippen LogP contribution in [0.3, 0.4) is 0 Å². The lowest BCUT2D eigenvalue weighted by molar-refractivity contribution is -0.287. The van der Waals surface area contributed by atoms with E-state index < -0.39 is 36.7 Å². The summed E-state index contributed by atoms with van der Waals surface area (Å²) in [5, 5.41) is 37.8. The minimum absolute atomic E-state index is 0.273. The van der Waals surface area contributed by atoms with Crippen molar-refractivity contribution >= 4 is 5.97 Å². The molecule has 1 rings (SSSR count). The Morgan fingerprint density at radius 1 is 1.10 bits per heavy atom. The molecule has 0 aromatic rings. The summed E-state index contributed by atoms with van der Waals surface area (Å²) in [6.07, 6.45) is -4.20. The van der Waals surface area contributed by atoms with Crippen molar-refractivity contribution in [3.8, 4) is 0 Å². The Balaban J connectivity index is 2.26. The van der Waals surface area contributed by atoms with Crippen molar-refractivity contribution in [3.05, 3.63) is 0 Å². The first-order valence-electron chi connectivity index (χ1n) is 7.36. The van der Waals surface area contributed by atoms with Gasteiger partial charge in [-0.25, -0.2) is 0 Å².